The summed E-state index contributed by atoms with van der Waals surface area (Å²) in [4.78, 5) is 16.3. The van der Waals surface area contributed by atoms with Gasteiger partial charge in [-0.15, -0.1) is 0 Å². The van der Waals surface area contributed by atoms with E-state index in [9.17, 15) is 4.79 Å². The maximum atomic E-state index is 12.2. The van der Waals surface area contributed by atoms with E-state index in [-0.39, 0.29) is 5.91 Å². The van der Waals surface area contributed by atoms with E-state index in [1.165, 1.54) is 5.56 Å². The van der Waals surface area contributed by atoms with Gasteiger partial charge < -0.3 is 5.32 Å². The van der Waals surface area contributed by atoms with Crippen LogP contribution >= 0.6 is 0 Å². The molecule has 0 unspecified atom stereocenters. The van der Waals surface area contributed by atoms with Gasteiger partial charge in [0.1, 0.15) is 0 Å². The Morgan fingerprint density at radius 3 is 2.35 bits per heavy atom. The summed E-state index contributed by atoms with van der Waals surface area (Å²) in [6.45, 7) is 2.58. The van der Waals surface area contributed by atoms with Crippen LogP contribution in [0.15, 0.2) is 73.1 Å². The minimum absolute atomic E-state index is 0.0664. The van der Waals surface area contributed by atoms with Crippen molar-refractivity contribution in [1.82, 2.24) is 10.3 Å². The maximum absolute atomic E-state index is 12.2. The van der Waals surface area contributed by atoms with E-state index in [2.05, 4.69) is 10.3 Å². The third-order valence-corrected chi connectivity index (χ3v) is 3.72. The first-order valence-corrected chi connectivity index (χ1v) is 7.56. The average molecular weight is 302 g/mol. The molecule has 0 spiro atoms. The third-order valence-electron chi connectivity index (χ3n) is 3.72. The Hall–Kier alpha value is -2.94. The number of hydrogen-bond acceptors (Lipinski definition) is 2. The van der Waals surface area contributed by atoms with Crippen molar-refractivity contribution in [2.75, 3.05) is 0 Å². The molecule has 1 aromatic heterocycles. The SMILES string of the molecule is Cc1ccc(CNC(=O)c2ccc(-c3cccnc3)cc2)cc1. The quantitative estimate of drug-likeness (QED) is 0.792. The smallest absolute Gasteiger partial charge is 0.251 e. The molecule has 23 heavy (non-hydrogen) atoms. The molecule has 1 heterocycles. The van der Waals surface area contributed by atoms with Gasteiger partial charge in [-0.2, -0.15) is 0 Å². The van der Waals surface area contributed by atoms with Crippen molar-refractivity contribution in [3.63, 3.8) is 0 Å². The molecule has 0 atom stereocenters. The van der Waals surface area contributed by atoms with Crippen LogP contribution in [-0.4, -0.2) is 10.9 Å². The van der Waals surface area contributed by atoms with Crippen LogP contribution in [0.25, 0.3) is 11.1 Å². The second-order valence-electron chi connectivity index (χ2n) is 5.49. The van der Waals surface area contributed by atoms with Gasteiger partial charge in [-0.25, -0.2) is 0 Å². The van der Waals surface area contributed by atoms with Crippen LogP contribution in [0.3, 0.4) is 0 Å². The van der Waals surface area contributed by atoms with Crippen LogP contribution in [0, 0.1) is 6.92 Å². The van der Waals surface area contributed by atoms with Crippen LogP contribution in [0.4, 0.5) is 0 Å². The van der Waals surface area contributed by atoms with Crippen LogP contribution in [0.2, 0.25) is 0 Å². The molecule has 1 amide bonds. The lowest BCUT2D eigenvalue weighted by Gasteiger charge is -2.07. The number of carbonyl (C=O) groups excluding carboxylic acids is 1. The van der Waals surface area contributed by atoms with Crippen molar-refractivity contribution in [1.29, 1.82) is 0 Å². The number of rotatable bonds is 4. The van der Waals surface area contributed by atoms with Crippen LogP contribution in [0.1, 0.15) is 21.5 Å². The average Bonchev–Trinajstić information content (AvgIpc) is 2.62. The number of hydrogen-bond donors (Lipinski definition) is 1. The predicted molar refractivity (Wildman–Crippen MR) is 92.0 cm³/mol. The third kappa shape index (κ3) is 3.83. The number of benzene rings is 2. The molecule has 1 N–H and O–H groups in total. The van der Waals surface area contributed by atoms with Crippen molar-refractivity contribution in [2.24, 2.45) is 0 Å². The van der Waals surface area contributed by atoms with E-state index in [1.807, 2.05) is 73.8 Å². The summed E-state index contributed by atoms with van der Waals surface area (Å²) < 4.78 is 0. The number of nitrogens with one attached hydrogen (secondary N) is 1. The van der Waals surface area contributed by atoms with Crippen molar-refractivity contribution < 1.29 is 4.79 Å². The van der Waals surface area contributed by atoms with Gasteiger partial charge in [0, 0.05) is 24.5 Å². The number of pyridine rings is 1. The number of aromatic nitrogens is 1. The standard InChI is InChI=1S/C20H18N2O/c1-15-4-6-16(7-5-15)13-22-20(23)18-10-8-17(9-11-18)19-3-2-12-21-14-19/h2-12,14H,13H2,1H3,(H,22,23). The van der Waals surface area contributed by atoms with Crippen molar-refractivity contribution in [3.8, 4) is 11.1 Å². The highest BCUT2D eigenvalue weighted by Gasteiger charge is 2.06. The number of amides is 1. The molecule has 0 saturated carbocycles. The first-order valence-electron chi connectivity index (χ1n) is 7.56. The fourth-order valence-electron chi connectivity index (χ4n) is 2.34. The fraction of sp³-hybridized carbons (Fsp3) is 0.100. The van der Waals surface area contributed by atoms with Crippen LogP contribution in [-0.2, 0) is 6.54 Å². The normalized spacial score (nSPS) is 10.3. The van der Waals surface area contributed by atoms with Gasteiger partial charge in [0.25, 0.3) is 5.91 Å². The zero-order valence-electron chi connectivity index (χ0n) is 13.0. The molecule has 114 valence electrons. The summed E-state index contributed by atoms with van der Waals surface area (Å²) >= 11 is 0. The van der Waals surface area contributed by atoms with Crippen LogP contribution < -0.4 is 5.32 Å². The molecule has 3 aromatic rings. The van der Waals surface area contributed by atoms with E-state index >= 15 is 0 Å². The summed E-state index contributed by atoms with van der Waals surface area (Å²) in [5.74, 6) is -0.0664. The van der Waals surface area contributed by atoms with Gasteiger partial charge in [0.05, 0.1) is 0 Å². The van der Waals surface area contributed by atoms with Crippen molar-refractivity contribution in [2.45, 2.75) is 13.5 Å². The summed E-state index contributed by atoms with van der Waals surface area (Å²) in [5, 5.41) is 2.94. The minimum Gasteiger partial charge on any atom is -0.348 e. The first-order chi connectivity index (χ1) is 11.2. The molecule has 3 heteroatoms. The second-order valence-corrected chi connectivity index (χ2v) is 5.49. The maximum Gasteiger partial charge on any atom is 0.251 e. The summed E-state index contributed by atoms with van der Waals surface area (Å²) in [6, 6.07) is 19.6. The molecule has 0 bridgehead atoms. The monoisotopic (exact) mass is 302 g/mol. The minimum atomic E-state index is -0.0664. The van der Waals surface area contributed by atoms with E-state index in [0.29, 0.717) is 12.1 Å². The van der Waals surface area contributed by atoms with E-state index < -0.39 is 0 Å². The Morgan fingerprint density at radius 2 is 1.70 bits per heavy atom. The molecule has 0 radical (unpaired) electrons. The lowest BCUT2D eigenvalue weighted by molar-refractivity contribution is 0.0951. The predicted octanol–water partition coefficient (Wildman–Crippen LogP) is 3.99. The van der Waals surface area contributed by atoms with Gasteiger partial charge in [-0.05, 0) is 41.8 Å². The van der Waals surface area contributed by atoms with Gasteiger partial charge in [-0.1, -0.05) is 48.0 Å². The molecule has 0 aliphatic carbocycles. The van der Waals surface area contributed by atoms with Gasteiger partial charge >= 0.3 is 0 Å². The number of aryl methyl sites for hydroxylation is 1. The highest BCUT2D eigenvalue weighted by atomic mass is 16.1. The Labute approximate surface area is 136 Å². The molecule has 3 rings (SSSR count). The zero-order chi connectivity index (χ0) is 16.1. The molecular weight excluding hydrogens is 284 g/mol. The van der Waals surface area contributed by atoms with Crippen LogP contribution in [0.5, 0.6) is 0 Å². The lowest BCUT2D eigenvalue weighted by Crippen LogP contribution is -2.22. The zero-order valence-corrected chi connectivity index (χ0v) is 13.0. The Morgan fingerprint density at radius 1 is 0.957 bits per heavy atom. The van der Waals surface area contributed by atoms with E-state index in [0.717, 1.165) is 16.7 Å². The molecule has 0 saturated heterocycles. The van der Waals surface area contributed by atoms with Gasteiger partial charge in [-0.3, -0.25) is 9.78 Å². The molecule has 3 nitrogen and oxygen atoms in total. The topological polar surface area (TPSA) is 42.0 Å². The highest BCUT2D eigenvalue weighted by Crippen LogP contribution is 2.18. The summed E-state index contributed by atoms with van der Waals surface area (Å²) in [6.07, 6.45) is 3.56. The van der Waals surface area contributed by atoms with E-state index in [4.69, 9.17) is 0 Å². The Bertz CT molecular complexity index is 778. The molecular formula is C20H18N2O. The molecule has 0 aliphatic rings. The summed E-state index contributed by atoms with van der Waals surface area (Å²) in [5.41, 5.74) is 5.05. The lowest BCUT2D eigenvalue weighted by atomic mass is 10.1. The summed E-state index contributed by atoms with van der Waals surface area (Å²) in [7, 11) is 0. The van der Waals surface area contributed by atoms with Crippen molar-refractivity contribution in [3.05, 3.63) is 89.7 Å². The Balaban J connectivity index is 1.65. The highest BCUT2D eigenvalue weighted by molar-refractivity contribution is 5.94. The first kappa shape index (κ1) is 15.0. The van der Waals surface area contributed by atoms with Gasteiger partial charge in [0.2, 0.25) is 0 Å². The van der Waals surface area contributed by atoms with E-state index in [1.54, 1.807) is 6.20 Å². The second kappa shape index (κ2) is 6.88. The largest absolute Gasteiger partial charge is 0.348 e. The molecule has 0 fully saturated rings. The molecule has 0 aliphatic heterocycles. The molecule has 2 aromatic carbocycles. The van der Waals surface area contributed by atoms with Gasteiger partial charge in [0.15, 0.2) is 0 Å². The number of nitrogens with zero attached hydrogens (tertiary/aromatic N) is 1. The number of carbonyl (C=O) groups is 1. The van der Waals surface area contributed by atoms with Crippen molar-refractivity contribution >= 4 is 5.91 Å². The fourth-order valence-corrected chi connectivity index (χ4v) is 2.34. The Kier molecular flexibility index (Phi) is 4.48.